The average molecular weight is 322 g/mol. The molecule has 2 atom stereocenters. The highest BCUT2D eigenvalue weighted by molar-refractivity contribution is 8.00. The summed E-state index contributed by atoms with van der Waals surface area (Å²) >= 11 is 1.51. The molecule has 2 N–H and O–H groups in total. The number of thioether (sulfide) groups is 1. The van der Waals surface area contributed by atoms with Crippen molar-refractivity contribution in [1.29, 1.82) is 0 Å². The van der Waals surface area contributed by atoms with Gasteiger partial charge in [-0.25, -0.2) is 0 Å². The van der Waals surface area contributed by atoms with Crippen LogP contribution in [0.4, 0.5) is 0 Å². The molecular formula is C20H18O2S. The van der Waals surface area contributed by atoms with E-state index in [0.29, 0.717) is 0 Å². The second kappa shape index (κ2) is 8.22. The van der Waals surface area contributed by atoms with Crippen LogP contribution in [0.2, 0.25) is 0 Å². The minimum absolute atomic E-state index is 0.216. The summed E-state index contributed by atoms with van der Waals surface area (Å²) in [4.78, 5) is 0. The largest absolute Gasteiger partial charge is 0.508 e. The number of rotatable bonds is 4. The first-order chi connectivity index (χ1) is 11.2. The molecule has 3 heteroatoms. The monoisotopic (exact) mass is 322 g/mol. The number of para-hydroxylation sites is 2. The molecule has 2 unspecified atom stereocenters. The van der Waals surface area contributed by atoms with E-state index in [0.717, 1.165) is 11.1 Å². The second-order valence-electron chi connectivity index (χ2n) is 4.80. The molecule has 0 heterocycles. The summed E-state index contributed by atoms with van der Waals surface area (Å²) < 4.78 is 0. The third kappa shape index (κ3) is 4.25. The van der Waals surface area contributed by atoms with Crippen molar-refractivity contribution in [3.05, 3.63) is 59.7 Å². The lowest BCUT2D eigenvalue weighted by Gasteiger charge is -2.18. The first kappa shape index (κ1) is 16.9. The minimum Gasteiger partial charge on any atom is -0.508 e. The molecular weight excluding hydrogens is 304 g/mol. The van der Waals surface area contributed by atoms with Gasteiger partial charge in [0.05, 0.1) is 10.5 Å². The standard InChI is InChI=1S/C20H18O2S/c1-3-9-19(15-11-5-7-13-17(15)21)23-20(10-4-2)16-12-6-8-14-18(16)22/h5-8,11-14,19-22H,1-2H3. The van der Waals surface area contributed by atoms with E-state index in [1.165, 1.54) is 11.8 Å². The molecule has 0 saturated carbocycles. The van der Waals surface area contributed by atoms with Gasteiger partial charge in [-0.15, -0.1) is 23.6 Å². The van der Waals surface area contributed by atoms with Gasteiger partial charge in [0.1, 0.15) is 11.5 Å². The molecule has 0 amide bonds. The summed E-state index contributed by atoms with van der Waals surface area (Å²) in [6, 6.07) is 14.3. The van der Waals surface area contributed by atoms with Crippen LogP contribution in [0.5, 0.6) is 11.5 Å². The quantitative estimate of drug-likeness (QED) is 0.804. The van der Waals surface area contributed by atoms with Crippen molar-refractivity contribution in [2.24, 2.45) is 0 Å². The van der Waals surface area contributed by atoms with Crippen LogP contribution in [0.3, 0.4) is 0 Å². The molecule has 2 rings (SSSR count). The zero-order chi connectivity index (χ0) is 16.7. The van der Waals surface area contributed by atoms with E-state index >= 15 is 0 Å². The Kier molecular flexibility index (Phi) is 6.03. The molecule has 0 spiro atoms. The Morgan fingerprint density at radius 1 is 0.739 bits per heavy atom. The normalized spacial score (nSPS) is 12.3. The first-order valence-corrected chi connectivity index (χ1v) is 8.17. The number of benzene rings is 2. The van der Waals surface area contributed by atoms with Crippen LogP contribution in [0.1, 0.15) is 35.5 Å². The van der Waals surface area contributed by atoms with Crippen LogP contribution in [-0.2, 0) is 0 Å². The summed E-state index contributed by atoms with van der Waals surface area (Å²) in [5, 5.41) is 19.8. The van der Waals surface area contributed by atoms with E-state index in [-0.39, 0.29) is 22.0 Å². The summed E-state index contributed by atoms with van der Waals surface area (Å²) in [5.74, 6) is 12.5. The molecule has 2 aromatic rings. The number of hydrogen-bond acceptors (Lipinski definition) is 3. The molecule has 0 radical (unpaired) electrons. The molecule has 2 aromatic carbocycles. The fourth-order valence-electron chi connectivity index (χ4n) is 2.19. The van der Waals surface area contributed by atoms with Gasteiger partial charge in [-0.2, -0.15) is 0 Å². The number of phenols is 2. The fourth-order valence-corrected chi connectivity index (χ4v) is 3.52. The highest BCUT2D eigenvalue weighted by Gasteiger charge is 2.21. The highest BCUT2D eigenvalue weighted by Crippen LogP contribution is 2.44. The van der Waals surface area contributed by atoms with Crippen molar-refractivity contribution in [3.63, 3.8) is 0 Å². The van der Waals surface area contributed by atoms with E-state index in [2.05, 4.69) is 23.7 Å². The predicted octanol–water partition coefficient (Wildman–Crippen LogP) is 4.66. The third-order valence-electron chi connectivity index (χ3n) is 3.26. The maximum Gasteiger partial charge on any atom is 0.120 e. The smallest absolute Gasteiger partial charge is 0.120 e. The Labute approximate surface area is 141 Å². The van der Waals surface area contributed by atoms with Gasteiger partial charge in [-0.05, 0) is 26.0 Å². The van der Waals surface area contributed by atoms with Crippen LogP contribution in [-0.4, -0.2) is 10.2 Å². The maximum atomic E-state index is 10.1. The molecule has 116 valence electrons. The zero-order valence-electron chi connectivity index (χ0n) is 13.1. The van der Waals surface area contributed by atoms with Gasteiger partial charge in [0.2, 0.25) is 0 Å². The fraction of sp³-hybridized carbons (Fsp3) is 0.200. The van der Waals surface area contributed by atoms with Crippen molar-refractivity contribution in [2.75, 3.05) is 0 Å². The first-order valence-electron chi connectivity index (χ1n) is 7.23. The zero-order valence-corrected chi connectivity index (χ0v) is 13.9. The van der Waals surface area contributed by atoms with E-state index in [1.54, 1.807) is 38.1 Å². The number of hydrogen-bond donors (Lipinski definition) is 2. The highest BCUT2D eigenvalue weighted by atomic mass is 32.2. The van der Waals surface area contributed by atoms with Gasteiger partial charge in [0.25, 0.3) is 0 Å². The van der Waals surface area contributed by atoms with E-state index < -0.39 is 0 Å². The summed E-state index contributed by atoms with van der Waals surface area (Å²) in [5.41, 5.74) is 1.51. The average Bonchev–Trinajstić information content (AvgIpc) is 2.55. The Balaban J connectivity index is 2.39. The van der Waals surface area contributed by atoms with Crippen LogP contribution >= 0.6 is 11.8 Å². The van der Waals surface area contributed by atoms with E-state index in [1.807, 2.05) is 24.3 Å². The SMILES string of the molecule is CC#CC(SC(C#CC)c1ccccc1O)c1ccccc1O. The molecule has 0 fully saturated rings. The van der Waals surface area contributed by atoms with Crippen LogP contribution in [0, 0.1) is 23.7 Å². The van der Waals surface area contributed by atoms with Crippen molar-refractivity contribution < 1.29 is 10.2 Å². The minimum atomic E-state index is -0.230. The van der Waals surface area contributed by atoms with Crippen molar-refractivity contribution in [1.82, 2.24) is 0 Å². The number of aromatic hydroxyl groups is 2. The lowest BCUT2D eigenvalue weighted by atomic mass is 10.1. The Morgan fingerprint density at radius 2 is 1.13 bits per heavy atom. The molecule has 23 heavy (non-hydrogen) atoms. The Hall–Kier alpha value is -2.49. The van der Waals surface area contributed by atoms with Crippen molar-refractivity contribution >= 4 is 11.8 Å². The molecule has 0 bridgehead atoms. The topological polar surface area (TPSA) is 40.5 Å². The van der Waals surface area contributed by atoms with Gasteiger partial charge in [0.15, 0.2) is 0 Å². The van der Waals surface area contributed by atoms with Gasteiger partial charge < -0.3 is 10.2 Å². The van der Waals surface area contributed by atoms with Gasteiger partial charge in [0, 0.05) is 11.1 Å². The van der Waals surface area contributed by atoms with E-state index in [4.69, 9.17) is 0 Å². The molecule has 0 aromatic heterocycles. The number of phenolic OH excluding ortho intramolecular Hbond substituents is 2. The Morgan fingerprint density at radius 3 is 1.48 bits per heavy atom. The Bertz CT molecular complexity index is 723. The van der Waals surface area contributed by atoms with Gasteiger partial charge in [-0.1, -0.05) is 48.2 Å². The third-order valence-corrected chi connectivity index (χ3v) is 4.55. The predicted molar refractivity (Wildman–Crippen MR) is 96.2 cm³/mol. The molecule has 0 aliphatic carbocycles. The van der Waals surface area contributed by atoms with Crippen molar-refractivity contribution in [3.8, 4) is 35.2 Å². The van der Waals surface area contributed by atoms with Crippen LogP contribution in [0.25, 0.3) is 0 Å². The van der Waals surface area contributed by atoms with E-state index in [9.17, 15) is 10.2 Å². The lowest BCUT2D eigenvalue weighted by Crippen LogP contribution is -1.98. The summed E-state index contributed by atoms with van der Waals surface area (Å²) in [7, 11) is 0. The van der Waals surface area contributed by atoms with Crippen LogP contribution in [0.15, 0.2) is 48.5 Å². The lowest BCUT2D eigenvalue weighted by molar-refractivity contribution is 0.469. The van der Waals surface area contributed by atoms with Crippen LogP contribution < -0.4 is 0 Å². The maximum absolute atomic E-state index is 10.1. The van der Waals surface area contributed by atoms with Gasteiger partial charge >= 0.3 is 0 Å². The second-order valence-corrected chi connectivity index (χ2v) is 6.02. The summed E-state index contributed by atoms with van der Waals surface area (Å²) in [6.45, 7) is 3.54. The summed E-state index contributed by atoms with van der Waals surface area (Å²) in [6.07, 6.45) is 0. The molecule has 2 nitrogen and oxygen atoms in total. The molecule has 0 aliphatic rings. The molecule has 0 aliphatic heterocycles. The van der Waals surface area contributed by atoms with Crippen molar-refractivity contribution in [2.45, 2.75) is 24.3 Å². The molecule has 0 saturated heterocycles. The van der Waals surface area contributed by atoms with Gasteiger partial charge in [-0.3, -0.25) is 0 Å².